The molecule has 0 saturated heterocycles. The van der Waals surface area contributed by atoms with E-state index in [1.807, 2.05) is 32.2 Å². The topological polar surface area (TPSA) is 72.1 Å². The molecule has 0 aliphatic carbocycles. The first kappa shape index (κ1) is 14.7. The number of rotatable bonds is 5. The SMILES string of the molecule is COc1ccc(CNc2c(C#N)c(C)nn2C)cc1OC. The first-order valence-electron chi connectivity index (χ1n) is 6.49. The predicted octanol–water partition coefficient (Wildman–Crippen LogP) is 2.23. The van der Waals surface area contributed by atoms with E-state index < -0.39 is 0 Å². The maximum absolute atomic E-state index is 9.18. The van der Waals surface area contributed by atoms with Crippen LogP contribution < -0.4 is 14.8 Å². The van der Waals surface area contributed by atoms with Gasteiger partial charge in [-0.3, -0.25) is 4.68 Å². The molecular formula is C15H18N4O2. The van der Waals surface area contributed by atoms with Crippen molar-refractivity contribution in [3.63, 3.8) is 0 Å². The molecular weight excluding hydrogens is 268 g/mol. The summed E-state index contributed by atoms with van der Waals surface area (Å²) in [7, 11) is 5.02. The second kappa shape index (κ2) is 6.18. The molecule has 0 spiro atoms. The van der Waals surface area contributed by atoms with Crippen LogP contribution in [0.15, 0.2) is 18.2 Å². The van der Waals surface area contributed by atoms with Crippen LogP contribution in [0, 0.1) is 18.3 Å². The number of ether oxygens (including phenoxy) is 2. The van der Waals surface area contributed by atoms with E-state index in [1.54, 1.807) is 18.9 Å². The lowest BCUT2D eigenvalue weighted by atomic mass is 10.2. The van der Waals surface area contributed by atoms with Crippen LogP contribution in [0.1, 0.15) is 16.8 Å². The maximum Gasteiger partial charge on any atom is 0.161 e. The predicted molar refractivity (Wildman–Crippen MR) is 79.5 cm³/mol. The van der Waals surface area contributed by atoms with Gasteiger partial charge in [0.25, 0.3) is 0 Å². The Morgan fingerprint density at radius 1 is 1.29 bits per heavy atom. The van der Waals surface area contributed by atoms with E-state index >= 15 is 0 Å². The highest BCUT2D eigenvalue weighted by Crippen LogP contribution is 2.28. The largest absolute Gasteiger partial charge is 0.493 e. The highest BCUT2D eigenvalue weighted by molar-refractivity contribution is 5.55. The Morgan fingerprint density at radius 3 is 2.62 bits per heavy atom. The third kappa shape index (κ3) is 2.92. The van der Waals surface area contributed by atoms with Crippen molar-refractivity contribution in [1.82, 2.24) is 9.78 Å². The van der Waals surface area contributed by atoms with E-state index in [1.165, 1.54) is 0 Å². The second-order valence-corrected chi connectivity index (χ2v) is 4.59. The molecule has 0 bridgehead atoms. The maximum atomic E-state index is 9.18. The van der Waals surface area contributed by atoms with Crippen molar-refractivity contribution in [2.24, 2.45) is 7.05 Å². The van der Waals surface area contributed by atoms with Crippen LogP contribution in [0.2, 0.25) is 0 Å². The van der Waals surface area contributed by atoms with Gasteiger partial charge in [0.15, 0.2) is 11.5 Å². The molecule has 6 heteroatoms. The van der Waals surface area contributed by atoms with Crippen molar-refractivity contribution in [2.75, 3.05) is 19.5 Å². The summed E-state index contributed by atoms with van der Waals surface area (Å²) in [6.07, 6.45) is 0. The van der Waals surface area contributed by atoms with Gasteiger partial charge in [-0.15, -0.1) is 0 Å². The summed E-state index contributed by atoms with van der Waals surface area (Å²) in [5.41, 5.74) is 2.31. The third-order valence-electron chi connectivity index (χ3n) is 3.24. The summed E-state index contributed by atoms with van der Waals surface area (Å²) in [5, 5.41) is 16.7. The average molecular weight is 286 g/mol. The van der Waals surface area contributed by atoms with Crippen LogP contribution in [-0.4, -0.2) is 24.0 Å². The van der Waals surface area contributed by atoms with Gasteiger partial charge < -0.3 is 14.8 Å². The molecule has 1 heterocycles. The highest BCUT2D eigenvalue weighted by atomic mass is 16.5. The van der Waals surface area contributed by atoms with Gasteiger partial charge in [0.1, 0.15) is 17.5 Å². The molecule has 21 heavy (non-hydrogen) atoms. The number of nitrogens with one attached hydrogen (secondary N) is 1. The summed E-state index contributed by atoms with van der Waals surface area (Å²) < 4.78 is 12.2. The molecule has 0 amide bonds. The Morgan fingerprint density at radius 2 is 2.00 bits per heavy atom. The lowest BCUT2D eigenvalue weighted by Crippen LogP contribution is -2.06. The van der Waals surface area contributed by atoms with Crippen molar-refractivity contribution >= 4 is 5.82 Å². The number of anilines is 1. The van der Waals surface area contributed by atoms with E-state index in [9.17, 15) is 5.26 Å². The molecule has 1 N–H and O–H groups in total. The molecule has 0 fully saturated rings. The normalized spacial score (nSPS) is 10.0. The van der Waals surface area contributed by atoms with Gasteiger partial charge in [-0.2, -0.15) is 10.4 Å². The van der Waals surface area contributed by atoms with Crippen molar-refractivity contribution < 1.29 is 9.47 Å². The smallest absolute Gasteiger partial charge is 0.161 e. The number of nitrogens with zero attached hydrogens (tertiary/aromatic N) is 3. The molecule has 1 aromatic heterocycles. The number of methoxy groups -OCH3 is 2. The van der Waals surface area contributed by atoms with Crippen LogP contribution in [0.4, 0.5) is 5.82 Å². The first-order valence-corrected chi connectivity index (χ1v) is 6.49. The Hall–Kier alpha value is -2.68. The van der Waals surface area contributed by atoms with Gasteiger partial charge in [0, 0.05) is 13.6 Å². The molecule has 0 unspecified atom stereocenters. The molecule has 0 saturated carbocycles. The fourth-order valence-corrected chi connectivity index (χ4v) is 2.17. The van der Waals surface area contributed by atoms with Crippen LogP contribution in [0.5, 0.6) is 11.5 Å². The lowest BCUT2D eigenvalue weighted by molar-refractivity contribution is 0.354. The molecule has 110 valence electrons. The number of benzene rings is 1. The van der Waals surface area contributed by atoms with Gasteiger partial charge in [0.2, 0.25) is 0 Å². The zero-order valence-corrected chi connectivity index (χ0v) is 12.6. The van der Waals surface area contributed by atoms with Gasteiger partial charge in [-0.25, -0.2) is 0 Å². The molecule has 6 nitrogen and oxygen atoms in total. The first-order chi connectivity index (χ1) is 10.1. The third-order valence-corrected chi connectivity index (χ3v) is 3.24. The molecule has 1 aromatic carbocycles. The van der Waals surface area contributed by atoms with Crippen molar-refractivity contribution in [3.05, 3.63) is 35.0 Å². The summed E-state index contributed by atoms with van der Waals surface area (Å²) in [5.74, 6) is 2.08. The van der Waals surface area contributed by atoms with E-state index in [4.69, 9.17) is 9.47 Å². The van der Waals surface area contributed by atoms with Gasteiger partial charge in [-0.05, 0) is 24.6 Å². The Kier molecular flexibility index (Phi) is 4.33. The standard InChI is InChI=1S/C15H18N4O2/c1-10-12(8-16)15(19(2)18-10)17-9-11-5-6-13(20-3)14(7-11)21-4/h5-7,17H,9H2,1-4H3. The monoisotopic (exact) mass is 286 g/mol. The number of hydrogen-bond acceptors (Lipinski definition) is 5. The van der Waals surface area contributed by atoms with Crippen molar-refractivity contribution in [1.29, 1.82) is 5.26 Å². The quantitative estimate of drug-likeness (QED) is 0.912. The van der Waals surface area contributed by atoms with Gasteiger partial charge in [-0.1, -0.05) is 6.07 Å². The minimum atomic E-state index is 0.563. The summed E-state index contributed by atoms with van der Waals surface area (Å²) >= 11 is 0. The minimum Gasteiger partial charge on any atom is -0.493 e. The highest BCUT2D eigenvalue weighted by Gasteiger charge is 2.12. The molecule has 0 aliphatic rings. The van der Waals surface area contributed by atoms with Crippen LogP contribution in [0.3, 0.4) is 0 Å². The lowest BCUT2D eigenvalue weighted by Gasteiger charge is -2.11. The molecule has 0 aliphatic heterocycles. The zero-order chi connectivity index (χ0) is 15.4. The van der Waals surface area contributed by atoms with Crippen LogP contribution in [0.25, 0.3) is 0 Å². The molecule has 2 aromatic rings. The minimum absolute atomic E-state index is 0.563. The number of hydrogen-bond donors (Lipinski definition) is 1. The Bertz CT molecular complexity index is 686. The zero-order valence-electron chi connectivity index (χ0n) is 12.6. The fraction of sp³-hybridized carbons (Fsp3) is 0.333. The van der Waals surface area contributed by atoms with Crippen LogP contribution >= 0.6 is 0 Å². The van der Waals surface area contributed by atoms with Gasteiger partial charge in [0.05, 0.1) is 19.9 Å². The fourth-order valence-electron chi connectivity index (χ4n) is 2.17. The second-order valence-electron chi connectivity index (χ2n) is 4.59. The number of nitriles is 1. The number of aryl methyl sites for hydroxylation is 2. The molecule has 2 rings (SSSR count). The van der Waals surface area contributed by atoms with Gasteiger partial charge >= 0.3 is 0 Å². The van der Waals surface area contributed by atoms with Crippen LogP contribution in [-0.2, 0) is 13.6 Å². The summed E-state index contributed by atoms with van der Waals surface area (Å²) in [4.78, 5) is 0. The van der Waals surface area contributed by atoms with E-state index in [0.717, 1.165) is 11.3 Å². The Labute approximate surface area is 123 Å². The van der Waals surface area contributed by atoms with Crippen molar-refractivity contribution in [2.45, 2.75) is 13.5 Å². The van der Waals surface area contributed by atoms with E-state index in [2.05, 4.69) is 16.5 Å². The average Bonchev–Trinajstić information content (AvgIpc) is 2.77. The van der Waals surface area contributed by atoms with E-state index in [0.29, 0.717) is 29.4 Å². The molecule has 0 radical (unpaired) electrons. The summed E-state index contributed by atoms with van der Waals surface area (Å²) in [6.45, 7) is 2.38. The summed E-state index contributed by atoms with van der Waals surface area (Å²) in [6, 6.07) is 7.88. The Balaban J connectivity index is 2.19. The van der Waals surface area contributed by atoms with Crippen molar-refractivity contribution in [3.8, 4) is 17.6 Å². The number of aromatic nitrogens is 2. The van der Waals surface area contributed by atoms with E-state index in [-0.39, 0.29) is 0 Å². The molecule has 0 atom stereocenters.